The number of rotatable bonds is 4. The van der Waals surface area contributed by atoms with Gasteiger partial charge in [-0.05, 0) is 29.3 Å². The van der Waals surface area contributed by atoms with Gasteiger partial charge in [0.15, 0.2) is 0 Å². The second kappa shape index (κ2) is 8.46. The van der Waals surface area contributed by atoms with Crippen molar-refractivity contribution in [3.8, 4) is 0 Å². The van der Waals surface area contributed by atoms with Crippen molar-refractivity contribution >= 4 is 17.5 Å². The van der Waals surface area contributed by atoms with Crippen LogP contribution in [-0.2, 0) is 11.3 Å². The molecule has 32 heavy (non-hydrogen) atoms. The molecule has 0 spiro atoms. The van der Waals surface area contributed by atoms with E-state index in [4.69, 9.17) is 0 Å². The molecule has 2 heterocycles. The van der Waals surface area contributed by atoms with Crippen molar-refractivity contribution in [1.82, 2.24) is 9.80 Å². The lowest BCUT2D eigenvalue weighted by Crippen LogP contribution is -2.52. The number of para-hydroxylation sites is 1. The highest BCUT2D eigenvalue weighted by molar-refractivity contribution is 6.01. The van der Waals surface area contributed by atoms with Gasteiger partial charge in [-0.25, -0.2) is 4.39 Å². The lowest BCUT2D eigenvalue weighted by Gasteiger charge is -2.39. The molecule has 6 heteroatoms. The van der Waals surface area contributed by atoms with Crippen LogP contribution in [0.5, 0.6) is 0 Å². The zero-order valence-corrected chi connectivity index (χ0v) is 17.7. The maximum Gasteiger partial charge on any atom is 0.255 e. The minimum atomic E-state index is -0.684. The molecular weight excluding hydrogens is 405 g/mol. The zero-order valence-electron chi connectivity index (χ0n) is 17.7. The van der Waals surface area contributed by atoms with Gasteiger partial charge in [0.25, 0.3) is 5.91 Å². The van der Waals surface area contributed by atoms with E-state index < -0.39 is 6.04 Å². The minimum Gasteiger partial charge on any atom is -0.366 e. The van der Waals surface area contributed by atoms with Crippen molar-refractivity contribution in [3.05, 3.63) is 101 Å². The van der Waals surface area contributed by atoms with E-state index in [1.807, 2.05) is 65.6 Å². The topological polar surface area (TPSA) is 43.9 Å². The minimum absolute atomic E-state index is 0.0921. The third-order valence-corrected chi connectivity index (χ3v) is 6.29. The molecule has 0 aromatic heterocycles. The van der Waals surface area contributed by atoms with Crippen LogP contribution in [0.3, 0.4) is 0 Å². The van der Waals surface area contributed by atoms with Crippen LogP contribution in [0.4, 0.5) is 10.1 Å². The summed E-state index contributed by atoms with van der Waals surface area (Å²) in [4.78, 5) is 32.3. The van der Waals surface area contributed by atoms with Gasteiger partial charge in [-0.2, -0.15) is 0 Å². The highest BCUT2D eigenvalue weighted by Crippen LogP contribution is 2.33. The Bertz CT molecular complexity index is 1140. The summed E-state index contributed by atoms with van der Waals surface area (Å²) in [6.45, 7) is 2.46. The summed E-state index contributed by atoms with van der Waals surface area (Å²) in [6.07, 6.45) is 0. The van der Waals surface area contributed by atoms with E-state index in [1.165, 1.54) is 6.07 Å². The molecule has 0 N–H and O–H groups in total. The van der Waals surface area contributed by atoms with Crippen molar-refractivity contribution in [1.29, 1.82) is 0 Å². The number of benzene rings is 3. The Balaban J connectivity index is 1.38. The van der Waals surface area contributed by atoms with Crippen LogP contribution < -0.4 is 4.90 Å². The summed E-state index contributed by atoms with van der Waals surface area (Å²) in [5.74, 6) is -0.465. The molecular formula is C26H24FN3O2. The normalized spacial score (nSPS) is 16.8. The van der Waals surface area contributed by atoms with E-state index in [1.54, 1.807) is 21.9 Å². The summed E-state index contributed by atoms with van der Waals surface area (Å²) in [5, 5.41) is 0. The fourth-order valence-corrected chi connectivity index (χ4v) is 4.63. The van der Waals surface area contributed by atoms with Crippen LogP contribution in [0, 0.1) is 5.82 Å². The van der Waals surface area contributed by atoms with Crippen molar-refractivity contribution in [3.63, 3.8) is 0 Å². The molecule has 162 valence electrons. The molecule has 0 radical (unpaired) electrons. The summed E-state index contributed by atoms with van der Waals surface area (Å²) < 4.78 is 14.2. The predicted molar refractivity (Wildman–Crippen MR) is 121 cm³/mol. The number of nitrogens with zero attached hydrogens (tertiary/aromatic N) is 3. The van der Waals surface area contributed by atoms with Crippen LogP contribution in [0.25, 0.3) is 0 Å². The largest absolute Gasteiger partial charge is 0.366 e. The molecule has 0 saturated carbocycles. The Hall–Kier alpha value is -3.67. The van der Waals surface area contributed by atoms with Gasteiger partial charge >= 0.3 is 0 Å². The molecule has 2 amide bonds. The van der Waals surface area contributed by atoms with Gasteiger partial charge in [0.1, 0.15) is 11.9 Å². The standard InChI is InChI=1S/C26H24FN3O2/c27-22-12-6-7-13-23(22)28-14-16-29(17-15-28)26(32)24(19-8-2-1-3-9-19)30-18-20-10-4-5-11-21(20)25(30)31/h1-13,24H,14-18H2/t24-/m0/s1. The van der Waals surface area contributed by atoms with Gasteiger partial charge < -0.3 is 14.7 Å². The van der Waals surface area contributed by atoms with Gasteiger partial charge in [0.05, 0.1) is 5.69 Å². The second-order valence-corrected chi connectivity index (χ2v) is 8.17. The van der Waals surface area contributed by atoms with E-state index >= 15 is 0 Å². The van der Waals surface area contributed by atoms with Gasteiger partial charge in [-0.3, -0.25) is 9.59 Å². The number of amides is 2. The molecule has 2 aliphatic rings. The monoisotopic (exact) mass is 429 g/mol. The molecule has 0 aliphatic carbocycles. The average molecular weight is 429 g/mol. The molecule has 0 bridgehead atoms. The molecule has 1 atom stereocenters. The second-order valence-electron chi connectivity index (χ2n) is 8.17. The van der Waals surface area contributed by atoms with Gasteiger partial charge in [0.2, 0.25) is 5.91 Å². The quantitative estimate of drug-likeness (QED) is 0.633. The average Bonchev–Trinajstić information content (AvgIpc) is 3.16. The number of carbonyl (C=O) groups is 2. The number of anilines is 1. The maximum absolute atomic E-state index is 14.2. The summed E-state index contributed by atoms with van der Waals surface area (Å²) in [7, 11) is 0. The molecule has 1 fully saturated rings. The number of piperazine rings is 1. The van der Waals surface area contributed by atoms with Gasteiger partial charge in [0, 0.05) is 38.3 Å². The lowest BCUT2D eigenvalue weighted by atomic mass is 10.0. The SMILES string of the molecule is O=C([C@H](c1ccccc1)N1Cc2ccccc2C1=O)N1CCN(c2ccccc2F)CC1. The van der Waals surface area contributed by atoms with E-state index in [0.29, 0.717) is 44.0 Å². The zero-order chi connectivity index (χ0) is 22.1. The first kappa shape index (κ1) is 20.2. The predicted octanol–water partition coefficient (Wildman–Crippen LogP) is 3.87. The third-order valence-electron chi connectivity index (χ3n) is 6.29. The number of hydrogen-bond donors (Lipinski definition) is 0. The number of halogens is 1. The Morgan fingerprint density at radius 2 is 1.47 bits per heavy atom. The Labute approximate surface area is 186 Å². The van der Waals surface area contributed by atoms with Crippen molar-refractivity contribution in [2.24, 2.45) is 0 Å². The molecule has 2 aliphatic heterocycles. The number of fused-ring (bicyclic) bond motifs is 1. The Morgan fingerprint density at radius 3 is 2.19 bits per heavy atom. The Morgan fingerprint density at radius 1 is 0.812 bits per heavy atom. The lowest BCUT2D eigenvalue weighted by molar-refractivity contribution is -0.136. The molecule has 5 nitrogen and oxygen atoms in total. The first-order valence-electron chi connectivity index (χ1n) is 10.9. The Kier molecular flexibility index (Phi) is 5.35. The van der Waals surface area contributed by atoms with Crippen LogP contribution >= 0.6 is 0 Å². The van der Waals surface area contributed by atoms with Crippen molar-refractivity contribution < 1.29 is 14.0 Å². The first-order chi connectivity index (χ1) is 15.6. The van der Waals surface area contributed by atoms with Crippen LogP contribution in [0.15, 0.2) is 78.9 Å². The van der Waals surface area contributed by atoms with E-state index in [-0.39, 0.29) is 17.6 Å². The fraction of sp³-hybridized carbons (Fsp3) is 0.231. The molecule has 0 unspecified atom stereocenters. The summed E-state index contributed by atoms with van der Waals surface area (Å²) in [5.41, 5.74) is 2.96. The summed E-state index contributed by atoms with van der Waals surface area (Å²) >= 11 is 0. The van der Waals surface area contributed by atoms with Crippen molar-refractivity contribution in [2.45, 2.75) is 12.6 Å². The molecule has 3 aromatic rings. The van der Waals surface area contributed by atoms with E-state index in [0.717, 1.165) is 11.1 Å². The van der Waals surface area contributed by atoms with E-state index in [9.17, 15) is 14.0 Å². The number of carbonyl (C=O) groups excluding carboxylic acids is 2. The first-order valence-corrected chi connectivity index (χ1v) is 10.9. The molecule has 5 rings (SSSR count). The van der Waals surface area contributed by atoms with Crippen LogP contribution in [0.1, 0.15) is 27.5 Å². The molecule has 1 saturated heterocycles. The maximum atomic E-state index is 14.2. The van der Waals surface area contributed by atoms with Gasteiger partial charge in [-0.1, -0.05) is 60.7 Å². The van der Waals surface area contributed by atoms with Crippen molar-refractivity contribution in [2.75, 3.05) is 31.1 Å². The van der Waals surface area contributed by atoms with Gasteiger partial charge in [-0.15, -0.1) is 0 Å². The summed E-state index contributed by atoms with van der Waals surface area (Å²) in [6, 6.07) is 23.0. The smallest absolute Gasteiger partial charge is 0.255 e. The third kappa shape index (κ3) is 3.62. The number of hydrogen-bond acceptors (Lipinski definition) is 3. The highest BCUT2D eigenvalue weighted by atomic mass is 19.1. The molecule has 3 aromatic carbocycles. The fourth-order valence-electron chi connectivity index (χ4n) is 4.63. The van der Waals surface area contributed by atoms with Crippen LogP contribution in [0.2, 0.25) is 0 Å². The highest BCUT2D eigenvalue weighted by Gasteiger charge is 2.39. The van der Waals surface area contributed by atoms with E-state index in [2.05, 4.69) is 0 Å². The van der Waals surface area contributed by atoms with Crippen LogP contribution in [-0.4, -0.2) is 47.8 Å².